The van der Waals surface area contributed by atoms with Crippen LogP contribution in [0, 0.1) is 11.3 Å². The zero-order chi connectivity index (χ0) is 18.0. The normalized spacial score (nSPS) is 15.7. The van der Waals surface area contributed by atoms with Crippen LogP contribution in [0.15, 0.2) is 24.5 Å². The van der Waals surface area contributed by atoms with Crippen LogP contribution >= 0.6 is 0 Å². The van der Waals surface area contributed by atoms with E-state index in [4.69, 9.17) is 15.0 Å². The number of hydrogen-bond acceptors (Lipinski definition) is 7. The molecule has 25 heavy (non-hydrogen) atoms. The van der Waals surface area contributed by atoms with Gasteiger partial charge in [0.25, 0.3) is 5.82 Å². The molecule has 2 heterocycles. The molecular weight excluding hydrogens is 329 g/mol. The Kier molecular flexibility index (Phi) is 4.36. The summed E-state index contributed by atoms with van der Waals surface area (Å²) in [5.74, 6) is -2.32. The average molecular weight is 341 g/mol. The van der Waals surface area contributed by atoms with Crippen molar-refractivity contribution in [3.63, 3.8) is 0 Å². The summed E-state index contributed by atoms with van der Waals surface area (Å²) in [6.45, 7) is -0.181. The molecule has 0 spiro atoms. The summed E-state index contributed by atoms with van der Waals surface area (Å²) in [7, 11) is -1.39. The van der Waals surface area contributed by atoms with Crippen molar-refractivity contribution in [2.45, 2.75) is 18.9 Å². The predicted molar refractivity (Wildman–Crippen MR) is 82.4 cm³/mol. The minimum atomic E-state index is -1.39. The summed E-state index contributed by atoms with van der Waals surface area (Å²) in [6, 6.07) is 6.37. The summed E-state index contributed by atoms with van der Waals surface area (Å²) in [4.78, 5) is 27.0. The molecule has 126 valence electrons. The Morgan fingerprint density at radius 1 is 1.52 bits per heavy atom. The van der Waals surface area contributed by atoms with Crippen molar-refractivity contribution in [1.82, 2.24) is 20.1 Å². The largest absolute Gasteiger partial charge is 0.547 e. The van der Waals surface area contributed by atoms with Gasteiger partial charge in [0.15, 0.2) is 0 Å². The van der Waals surface area contributed by atoms with E-state index < -0.39 is 24.9 Å². The summed E-state index contributed by atoms with van der Waals surface area (Å²) in [6.07, 6.45) is 1.46. The van der Waals surface area contributed by atoms with E-state index in [1.165, 1.54) is 17.1 Å². The van der Waals surface area contributed by atoms with Crippen LogP contribution in [0.25, 0.3) is 0 Å². The number of nitrogens with one attached hydrogen (secondary N) is 1. The molecule has 10 nitrogen and oxygen atoms in total. The third-order valence-corrected chi connectivity index (χ3v) is 3.64. The fourth-order valence-electron chi connectivity index (χ4n) is 2.54. The molecule has 0 aliphatic carbocycles. The lowest BCUT2D eigenvalue weighted by atomic mass is 9.72. The van der Waals surface area contributed by atoms with Gasteiger partial charge < -0.3 is 20.1 Å². The van der Waals surface area contributed by atoms with Crippen LogP contribution in [0.4, 0.5) is 0 Å². The first kappa shape index (κ1) is 16.5. The highest BCUT2D eigenvalue weighted by molar-refractivity contribution is 6.47. The van der Waals surface area contributed by atoms with E-state index in [9.17, 15) is 14.6 Å². The first-order chi connectivity index (χ1) is 12.0. The van der Waals surface area contributed by atoms with Gasteiger partial charge in [-0.2, -0.15) is 5.26 Å². The van der Waals surface area contributed by atoms with Crippen molar-refractivity contribution >= 4 is 19.0 Å². The van der Waals surface area contributed by atoms with Gasteiger partial charge in [0, 0.05) is 0 Å². The number of aromatic carboxylic acids is 1. The van der Waals surface area contributed by atoms with Gasteiger partial charge in [0.05, 0.1) is 11.5 Å². The number of rotatable bonds is 4. The first-order valence-corrected chi connectivity index (χ1v) is 7.26. The molecule has 2 aromatic rings. The molecular formula is C14H12BN5O5. The highest BCUT2D eigenvalue weighted by Crippen LogP contribution is 2.30. The lowest BCUT2D eigenvalue weighted by molar-refractivity contribution is -0.122. The van der Waals surface area contributed by atoms with Gasteiger partial charge >= 0.3 is 13.1 Å². The van der Waals surface area contributed by atoms with Crippen LogP contribution in [0.3, 0.4) is 0 Å². The van der Waals surface area contributed by atoms with Crippen molar-refractivity contribution in [3.8, 4) is 11.8 Å². The minimum absolute atomic E-state index is 0.0482. The zero-order valence-electron chi connectivity index (χ0n) is 12.8. The predicted octanol–water partition coefficient (Wildman–Crippen LogP) is -1.01. The summed E-state index contributed by atoms with van der Waals surface area (Å²) in [5, 5.41) is 34.3. The molecule has 3 rings (SSSR count). The Balaban J connectivity index is 1.70. The van der Waals surface area contributed by atoms with Gasteiger partial charge in [-0.1, -0.05) is 12.1 Å². The molecule has 0 radical (unpaired) electrons. The maximum atomic E-state index is 12.1. The van der Waals surface area contributed by atoms with Crippen molar-refractivity contribution < 1.29 is 24.4 Å². The first-order valence-electron chi connectivity index (χ1n) is 7.26. The second-order valence-corrected chi connectivity index (χ2v) is 5.36. The maximum Gasteiger partial charge on any atom is 0.547 e. The van der Waals surface area contributed by atoms with E-state index in [1.807, 2.05) is 0 Å². The summed E-state index contributed by atoms with van der Waals surface area (Å²) in [5.41, 5.74) is 0.524. The molecule has 1 aromatic carbocycles. The molecule has 1 aliphatic rings. The van der Waals surface area contributed by atoms with E-state index in [1.54, 1.807) is 18.2 Å². The van der Waals surface area contributed by atoms with Crippen LogP contribution < -0.4 is 9.97 Å². The standard InChI is InChI=1S/C14H12BN5O5/c16-5-11-17-7-20(19-11)6-12(21)18-10-4-8-2-1-3-9(14(22)23)13(8)25-15(10)24/h1-3,7,10,24H,4,6H2,(H,18,21)(H,22,23). The van der Waals surface area contributed by atoms with Crippen molar-refractivity contribution in [2.24, 2.45) is 0 Å². The lowest BCUT2D eigenvalue weighted by Crippen LogP contribution is -2.53. The second-order valence-electron chi connectivity index (χ2n) is 5.36. The molecule has 11 heteroatoms. The third kappa shape index (κ3) is 3.43. The molecule has 1 amide bonds. The number of carbonyl (C=O) groups excluding carboxylic acids is 1. The fraction of sp³-hybridized carbons (Fsp3) is 0.214. The highest BCUT2D eigenvalue weighted by atomic mass is 16.5. The summed E-state index contributed by atoms with van der Waals surface area (Å²) < 4.78 is 6.49. The monoisotopic (exact) mass is 341 g/mol. The van der Waals surface area contributed by atoms with Gasteiger partial charge in [0.1, 0.15) is 24.7 Å². The summed E-state index contributed by atoms with van der Waals surface area (Å²) >= 11 is 0. The molecule has 0 saturated heterocycles. The van der Waals surface area contributed by atoms with Crippen LogP contribution in [0.1, 0.15) is 21.7 Å². The van der Waals surface area contributed by atoms with Crippen LogP contribution in [-0.2, 0) is 17.8 Å². The Hall–Kier alpha value is -3.39. The number of para-hydroxylation sites is 1. The fourth-order valence-corrected chi connectivity index (χ4v) is 2.54. The number of aromatic nitrogens is 3. The van der Waals surface area contributed by atoms with Crippen molar-refractivity contribution in [3.05, 3.63) is 41.5 Å². The molecule has 0 saturated carbocycles. The lowest BCUT2D eigenvalue weighted by Gasteiger charge is -2.28. The number of amides is 1. The Labute approximate surface area is 141 Å². The maximum absolute atomic E-state index is 12.1. The van der Waals surface area contributed by atoms with Crippen molar-refractivity contribution in [2.75, 3.05) is 0 Å². The molecule has 1 aromatic heterocycles. The van der Waals surface area contributed by atoms with Gasteiger partial charge in [-0.3, -0.25) is 4.79 Å². The number of nitrogens with zero attached hydrogens (tertiary/aromatic N) is 4. The molecule has 1 unspecified atom stereocenters. The molecule has 1 atom stereocenters. The average Bonchev–Trinajstić information content (AvgIpc) is 3.02. The quantitative estimate of drug-likeness (QED) is 0.599. The number of nitriles is 1. The number of carbonyl (C=O) groups is 2. The third-order valence-electron chi connectivity index (χ3n) is 3.64. The van der Waals surface area contributed by atoms with Crippen molar-refractivity contribution in [1.29, 1.82) is 5.26 Å². The number of carboxylic acids is 1. The number of fused-ring (bicyclic) bond motifs is 1. The van der Waals surface area contributed by atoms with Gasteiger partial charge in [-0.05, 0) is 18.1 Å². The van der Waals surface area contributed by atoms with Gasteiger partial charge in [0.2, 0.25) is 5.91 Å². The van der Waals surface area contributed by atoms with Gasteiger partial charge in [-0.25, -0.2) is 14.5 Å². The molecule has 0 fully saturated rings. The minimum Gasteiger partial charge on any atom is -0.534 e. The van der Waals surface area contributed by atoms with Crippen LogP contribution in [0.2, 0.25) is 0 Å². The number of hydrogen-bond donors (Lipinski definition) is 3. The van der Waals surface area contributed by atoms with E-state index in [2.05, 4.69) is 15.4 Å². The van der Waals surface area contributed by atoms with E-state index in [0.717, 1.165) is 0 Å². The number of carboxylic acid groups (broad SMARTS) is 1. The van der Waals surface area contributed by atoms with Crippen LogP contribution in [0.5, 0.6) is 5.75 Å². The smallest absolute Gasteiger partial charge is 0.534 e. The van der Waals surface area contributed by atoms with E-state index in [0.29, 0.717) is 5.56 Å². The van der Waals surface area contributed by atoms with Gasteiger partial charge in [-0.15, -0.1) is 5.10 Å². The zero-order valence-corrected chi connectivity index (χ0v) is 12.8. The molecule has 3 N–H and O–H groups in total. The Morgan fingerprint density at radius 3 is 3.00 bits per heavy atom. The highest BCUT2D eigenvalue weighted by Gasteiger charge is 2.37. The second kappa shape index (κ2) is 6.62. The van der Waals surface area contributed by atoms with E-state index in [-0.39, 0.29) is 30.1 Å². The molecule has 1 aliphatic heterocycles. The molecule has 0 bridgehead atoms. The Morgan fingerprint density at radius 2 is 2.32 bits per heavy atom. The van der Waals surface area contributed by atoms with E-state index >= 15 is 0 Å². The number of benzene rings is 1. The SMILES string of the molecule is N#Cc1ncn(CC(=O)NC2Cc3cccc(C(=O)O)c3OB2O)n1. The topological polar surface area (TPSA) is 150 Å². The Bertz CT molecular complexity index is 877. The van der Waals surface area contributed by atoms with Crippen LogP contribution in [-0.4, -0.2) is 49.8 Å².